The van der Waals surface area contributed by atoms with E-state index in [1.807, 2.05) is 30.1 Å². The Kier molecular flexibility index (Phi) is 11.7. The molecule has 2 aromatic carbocycles. The van der Waals surface area contributed by atoms with Gasteiger partial charge in [0.15, 0.2) is 17.6 Å². The van der Waals surface area contributed by atoms with Crippen LogP contribution in [0.15, 0.2) is 84.2 Å². The molecule has 6 aliphatic rings. The summed E-state index contributed by atoms with van der Waals surface area (Å²) < 4.78 is 8.12. The standard InChI is InChI=1S/C53H62N12O5/c1-3-24-64-51(68)41-32-54-52(58-49(41)65(64)44-17-5-33-19-23-53(69,4-2)48(33)56-44)55-34-6-8-35(9-7-34)61-28-30-62(31-29-61)37-20-25-60(26-21-37)36-10-12-38(13-11-36)63-27-22-39-42(63)15-16-43-46(39)47(59-70-43)40-14-18-45(66)57-50(40)67/h3,5-9,15-17,22,27,32,36-38,40,51,68-69H,1,4,10-14,18-21,23-26,28-31H2,2H3,(H,54,55,58)(H,57,66,67)/t36?,38?,40?,51?,53-/m1/s1. The summed E-state index contributed by atoms with van der Waals surface area (Å²) in [5.74, 6) is 0.507. The molecule has 17 heteroatoms. The molecule has 3 atom stereocenters. The van der Waals surface area contributed by atoms with Crippen LogP contribution in [0.4, 0.5) is 29.0 Å². The average Bonchev–Trinajstić information content (AvgIpc) is 4.17. The van der Waals surface area contributed by atoms with E-state index in [2.05, 4.69) is 89.2 Å². The van der Waals surface area contributed by atoms with Crippen LogP contribution in [-0.4, -0.2) is 119 Å². The number of aliphatic hydroxyl groups excluding tert-OH is 1. The quantitative estimate of drug-likeness (QED) is 0.0762. The van der Waals surface area contributed by atoms with Crippen molar-refractivity contribution in [3.05, 3.63) is 102 Å². The van der Waals surface area contributed by atoms with E-state index in [9.17, 15) is 19.8 Å². The Hall–Kier alpha value is -6.24. The van der Waals surface area contributed by atoms with E-state index in [4.69, 9.17) is 14.5 Å². The molecule has 4 fully saturated rings. The highest BCUT2D eigenvalue weighted by Gasteiger charge is 2.42. The maximum atomic E-state index is 12.8. The first-order valence-corrected chi connectivity index (χ1v) is 25.4. The number of anilines is 5. The van der Waals surface area contributed by atoms with Gasteiger partial charge in [-0.1, -0.05) is 24.2 Å². The van der Waals surface area contributed by atoms with Crippen LogP contribution < -0.4 is 20.5 Å². The van der Waals surface area contributed by atoms with Gasteiger partial charge in [0, 0.05) is 91.9 Å². The second-order valence-corrected chi connectivity index (χ2v) is 20.2. The van der Waals surface area contributed by atoms with Crippen LogP contribution in [0.25, 0.3) is 21.9 Å². The van der Waals surface area contributed by atoms with Gasteiger partial charge in [-0.15, -0.1) is 6.58 Å². The van der Waals surface area contributed by atoms with E-state index in [1.54, 1.807) is 17.3 Å². The lowest BCUT2D eigenvalue weighted by Crippen LogP contribution is -2.54. The molecule has 4 aliphatic heterocycles. The SMILES string of the molecule is C=CCN1C(O)c2cnc(Nc3ccc(N4CCN(C5CCN(C6CCC(n7ccc8c9c(C%10CCC(=O)NC%10=O)noc9ccc87)CC6)CC5)CC4)cc3)nc2N1c1ccc2c(n1)[C@@](O)(CC)CC2. The van der Waals surface area contributed by atoms with Crippen LogP contribution in [-0.2, 0) is 21.6 Å². The number of hydrazine groups is 1. The molecule has 2 unspecified atom stereocenters. The monoisotopic (exact) mass is 946 g/mol. The smallest absolute Gasteiger partial charge is 0.235 e. The van der Waals surface area contributed by atoms with Crippen LogP contribution in [0.2, 0.25) is 0 Å². The van der Waals surface area contributed by atoms with Gasteiger partial charge in [0.2, 0.25) is 17.8 Å². The van der Waals surface area contributed by atoms with E-state index >= 15 is 0 Å². The van der Waals surface area contributed by atoms with Gasteiger partial charge < -0.3 is 34.4 Å². The molecule has 2 aliphatic carbocycles. The third-order valence-electron chi connectivity index (χ3n) is 16.5. The minimum atomic E-state index is -0.979. The van der Waals surface area contributed by atoms with Gasteiger partial charge in [-0.25, -0.2) is 15.0 Å². The number of hydrogen-bond donors (Lipinski definition) is 4. The fraction of sp³-hybridized carbons (Fsp3) is 0.472. The summed E-state index contributed by atoms with van der Waals surface area (Å²) in [4.78, 5) is 47.0. The fourth-order valence-corrected chi connectivity index (χ4v) is 12.5. The number of imide groups is 1. The lowest BCUT2D eigenvalue weighted by atomic mass is 9.88. The second-order valence-electron chi connectivity index (χ2n) is 20.2. The number of pyridine rings is 1. The Labute approximate surface area is 407 Å². The summed E-state index contributed by atoms with van der Waals surface area (Å²) in [6, 6.07) is 20.3. The largest absolute Gasteiger partial charge is 0.384 e. The van der Waals surface area contributed by atoms with Gasteiger partial charge >= 0.3 is 0 Å². The van der Waals surface area contributed by atoms with Crippen molar-refractivity contribution >= 4 is 62.6 Å². The van der Waals surface area contributed by atoms with Crippen molar-refractivity contribution in [3.8, 4) is 0 Å². The Morgan fingerprint density at radius 1 is 0.871 bits per heavy atom. The molecular weight excluding hydrogens is 885 g/mol. The number of piperidine rings is 2. The third kappa shape index (κ3) is 7.91. The van der Waals surface area contributed by atoms with E-state index < -0.39 is 17.7 Å². The number of carbonyl (C=O) groups excluding carboxylic acids is 2. The van der Waals surface area contributed by atoms with Crippen LogP contribution >= 0.6 is 0 Å². The third-order valence-corrected chi connectivity index (χ3v) is 16.5. The fourth-order valence-electron chi connectivity index (χ4n) is 12.5. The van der Waals surface area contributed by atoms with E-state index in [0.29, 0.717) is 90.5 Å². The number of aliphatic hydroxyl groups is 2. The maximum Gasteiger partial charge on any atom is 0.235 e. The van der Waals surface area contributed by atoms with Crippen molar-refractivity contribution < 1.29 is 24.3 Å². The zero-order chi connectivity index (χ0) is 47.7. The van der Waals surface area contributed by atoms with E-state index in [1.165, 1.54) is 31.4 Å². The number of aryl methyl sites for hydroxylation is 1. The minimum Gasteiger partial charge on any atom is -0.384 e. The number of hydrogen-bond acceptors (Lipinski definition) is 15. The van der Waals surface area contributed by atoms with Crippen LogP contribution in [0.3, 0.4) is 0 Å². The first-order valence-electron chi connectivity index (χ1n) is 25.4. The highest BCUT2D eigenvalue weighted by molar-refractivity contribution is 6.09. The van der Waals surface area contributed by atoms with Crippen molar-refractivity contribution in [2.75, 3.05) is 61.0 Å². The van der Waals surface area contributed by atoms with Crippen LogP contribution in [0.1, 0.15) is 112 Å². The molecule has 3 saturated heterocycles. The van der Waals surface area contributed by atoms with Gasteiger partial charge in [0.05, 0.1) is 22.6 Å². The Morgan fingerprint density at radius 3 is 2.39 bits per heavy atom. The Bertz CT molecular complexity index is 2950. The molecule has 0 bridgehead atoms. The summed E-state index contributed by atoms with van der Waals surface area (Å²) in [6.07, 6.45) is 14.5. The first-order chi connectivity index (χ1) is 34.2. The number of fused-ring (bicyclic) bond motifs is 5. The predicted octanol–water partition coefficient (Wildman–Crippen LogP) is 7.09. The number of carbonyl (C=O) groups is 2. The number of aromatic nitrogens is 5. The molecular formula is C53H62N12O5. The summed E-state index contributed by atoms with van der Waals surface area (Å²) in [5.41, 5.74) is 5.87. The number of piperazine rings is 1. The predicted molar refractivity (Wildman–Crippen MR) is 267 cm³/mol. The van der Waals surface area contributed by atoms with Gasteiger partial charge in [-0.3, -0.25) is 19.8 Å². The van der Waals surface area contributed by atoms with E-state index in [0.717, 1.165) is 86.1 Å². The normalized spacial score (nSPS) is 26.0. The molecule has 364 valence electrons. The number of nitrogens with zero attached hydrogens (tertiary/aromatic N) is 10. The lowest BCUT2D eigenvalue weighted by Gasteiger charge is -2.46. The number of benzene rings is 2. The van der Waals surface area contributed by atoms with Gasteiger partial charge in [0.25, 0.3) is 0 Å². The number of rotatable bonds is 11. The number of nitrogens with one attached hydrogen (secondary N) is 2. The maximum absolute atomic E-state index is 12.8. The van der Waals surface area contributed by atoms with Crippen molar-refractivity contribution in [3.63, 3.8) is 0 Å². The molecule has 0 spiro atoms. The number of amides is 2. The van der Waals surface area contributed by atoms with Gasteiger partial charge in [-0.05, 0) is 131 Å². The minimum absolute atomic E-state index is 0.230. The summed E-state index contributed by atoms with van der Waals surface area (Å²) in [5, 5.41) is 38.4. The molecule has 70 heavy (non-hydrogen) atoms. The Balaban J connectivity index is 0.630. The molecule has 17 nitrogen and oxygen atoms in total. The molecule has 4 aromatic heterocycles. The summed E-state index contributed by atoms with van der Waals surface area (Å²) >= 11 is 0. The second kappa shape index (κ2) is 18.2. The molecule has 4 N–H and O–H groups in total. The molecule has 6 aromatic rings. The summed E-state index contributed by atoms with van der Waals surface area (Å²) in [6.45, 7) is 12.7. The van der Waals surface area contributed by atoms with Gasteiger partial charge in [0.1, 0.15) is 17.1 Å². The molecule has 0 radical (unpaired) electrons. The summed E-state index contributed by atoms with van der Waals surface area (Å²) in [7, 11) is 0. The molecule has 8 heterocycles. The zero-order valence-electron chi connectivity index (χ0n) is 39.8. The Morgan fingerprint density at radius 2 is 1.63 bits per heavy atom. The van der Waals surface area contributed by atoms with Crippen molar-refractivity contribution in [1.29, 1.82) is 0 Å². The van der Waals surface area contributed by atoms with Crippen molar-refractivity contribution in [1.82, 2.24) is 44.8 Å². The highest BCUT2D eigenvalue weighted by atomic mass is 16.5. The van der Waals surface area contributed by atoms with Crippen molar-refractivity contribution in [2.45, 2.75) is 113 Å². The molecule has 1 saturated carbocycles. The zero-order valence-corrected chi connectivity index (χ0v) is 39.8. The van der Waals surface area contributed by atoms with Crippen molar-refractivity contribution in [2.24, 2.45) is 0 Å². The van der Waals surface area contributed by atoms with Gasteiger partial charge in [-0.2, -0.15) is 9.99 Å². The van der Waals surface area contributed by atoms with Crippen LogP contribution in [0, 0.1) is 0 Å². The first kappa shape index (κ1) is 44.9. The molecule has 12 rings (SSSR count). The lowest BCUT2D eigenvalue weighted by molar-refractivity contribution is -0.134. The average molecular weight is 947 g/mol. The molecule has 2 amide bonds. The van der Waals surface area contributed by atoms with Crippen LogP contribution in [0.5, 0.6) is 0 Å². The number of likely N-dealkylation sites (tertiary alicyclic amines) is 1. The highest BCUT2D eigenvalue weighted by Crippen LogP contribution is 2.45. The van der Waals surface area contributed by atoms with E-state index in [-0.39, 0.29) is 11.8 Å². The topological polar surface area (TPSA) is 184 Å².